The minimum Gasteiger partial charge on any atom is -0.460 e. The van der Waals surface area contributed by atoms with Crippen LogP contribution in [0.1, 0.15) is 57.9 Å². The third-order valence-electron chi connectivity index (χ3n) is 4.36. The van der Waals surface area contributed by atoms with E-state index in [-0.39, 0.29) is 17.7 Å². The molecular weight excluding hydrogens is 344 g/mol. The van der Waals surface area contributed by atoms with Crippen molar-refractivity contribution in [1.82, 2.24) is 0 Å². The van der Waals surface area contributed by atoms with Crippen LogP contribution in [-0.4, -0.2) is 15.8 Å². The van der Waals surface area contributed by atoms with Crippen LogP contribution >= 0.6 is 11.8 Å². The van der Waals surface area contributed by atoms with E-state index in [9.17, 15) is 9.59 Å². The summed E-state index contributed by atoms with van der Waals surface area (Å²) in [7, 11) is 0. The number of ether oxygens (including phenoxy) is 1. The molecule has 1 aromatic carbocycles. The van der Waals surface area contributed by atoms with E-state index in [2.05, 4.69) is 12.2 Å². The predicted octanol–water partition coefficient (Wildman–Crippen LogP) is 5.61. The molecule has 0 bridgehead atoms. The Morgan fingerprint density at radius 1 is 1.19 bits per heavy atom. The highest BCUT2D eigenvalue weighted by Crippen LogP contribution is 2.33. The first-order valence-corrected chi connectivity index (χ1v) is 10.2. The maximum absolute atomic E-state index is 12.9. The standard InChI is InChI=1S/C22H28O3S/c1-3-20(23)26-22(2,16-18-12-8-5-4-6-9-13-18)21(24)25-17-19-14-10-7-11-15-19/h7-8,10-12,14-16H,3-6,9,13,17H2,1-2H3/b12-8-,18-16-/t22-/m0/s1. The molecule has 0 fully saturated rings. The van der Waals surface area contributed by atoms with Crippen molar-refractivity contribution < 1.29 is 14.3 Å². The van der Waals surface area contributed by atoms with Crippen molar-refractivity contribution in [3.8, 4) is 0 Å². The van der Waals surface area contributed by atoms with Crippen molar-refractivity contribution in [2.75, 3.05) is 0 Å². The molecule has 1 aliphatic rings. The third-order valence-corrected chi connectivity index (χ3v) is 5.59. The van der Waals surface area contributed by atoms with Crippen LogP contribution in [-0.2, 0) is 20.9 Å². The summed E-state index contributed by atoms with van der Waals surface area (Å²) in [6.45, 7) is 3.82. The lowest BCUT2D eigenvalue weighted by atomic mass is 9.98. The predicted molar refractivity (Wildman–Crippen MR) is 108 cm³/mol. The van der Waals surface area contributed by atoms with Gasteiger partial charge in [-0.3, -0.25) is 9.59 Å². The maximum Gasteiger partial charge on any atom is 0.326 e. The number of thioether (sulfide) groups is 1. The largest absolute Gasteiger partial charge is 0.460 e. The lowest BCUT2D eigenvalue weighted by Gasteiger charge is -2.24. The SMILES string of the molecule is CCC(=O)S[C@@](C)(/C=C1/C=C\CCCCC1)C(=O)OCc1ccccc1. The van der Waals surface area contributed by atoms with E-state index in [1.54, 1.807) is 6.92 Å². The van der Waals surface area contributed by atoms with Crippen LogP contribution in [0.5, 0.6) is 0 Å². The van der Waals surface area contributed by atoms with Gasteiger partial charge in [0.1, 0.15) is 11.4 Å². The summed E-state index contributed by atoms with van der Waals surface area (Å²) >= 11 is 1.07. The molecule has 140 valence electrons. The molecular formula is C22H28O3S. The highest BCUT2D eigenvalue weighted by Gasteiger charge is 2.36. The van der Waals surface area contributed by atoms with Crippen molar-refractivity contribution in [3.05, 3.63) is 59.7 Å². The molecule has 0 amide bonds. The quantitative estimate of drug-likeness (QED) is 0.609. The van der Waals surface area contributed by atoms with E-state index in [0.29, 0.717) is 6.42 Å². The van der Waals surface area contributed by atoms with E-state index in [4.69, 9.17) is 4.74 Å². The van der Waals surface area contributed by atoms with Gasteiger partial charge in [0.2, 0.25) is 0 Å². The Morgan fingerprint density at radius 3 is 2.69 bits per heavy atom. The molecule has 2 rings (SSSR count). The molecule has 0 saturated carbocycles. The normalized spacial score (nSPS) is 19.8. The Balaban J connectivity index is 2.17. The first-order valence-electron chi connectivity index (χ1n) is 9.35. The van der Waals surface area contributed by atoms with Crippen LogP contribution in [0.25, 0.3) is 0 Å². The number of carbonyl (C=O) groups is 2. The summed E-state index contributed by atoms with van der Waals surface area (Å²) < 4.78 is 4.56. The average Bonchev–Trinajstić information content (AvgIpc) is 2.62. The van der Waals surface area contributed by atoms with Crippen LogP contribution in [0, 0.1) is 0 Å². The number of esters is 1. The zero-order chi connectivity index (χ0) is 18.8. The van der Waals surface area contributed by atoms with Crippen LogP contribution in [0.15, 0.2) is 54.1 Å². The van der Waals surface area contributed by atoms with Gasteiger partial charge in [0, 0.05) is 6.42 Å². The first kappa shape index (κ1) is 20.5. The van der Waals surface area contributed by atoms with Crippen LogP contribution in [0.4, 0.5) is 0 Å². The second kappa shape index (κ2) is 10.4. The highest BCUT2D eigenvalue weighted by atomic mass is 32.2. The Labute approximate surface area is 160 Å². The second-order valence-electron chi connectivity index (χ2n) is 6.72. The Kier molecular flexibility index (Phi) is 8.17. The third kappa shape index (κ3) is 6.49. The van der Waals surface area contributed by atoms with Crippen LogP contribution in [0.3, 0.4) is 0 Å². The Hall–Kier alpha value is -1.81. The molecule has 0 saturated heterocycles. The number of hydrogen-bond acceptors (Lipinski definition) is 4. The molecule has 26 heavy (non-hydrogen) atoms. The fourth-order valence-electron chi connectivity index (χ4n) is 2.87. The summed E-state index contributed by atoms with van der Waals surface area (Å²) in [6.07, 6.45) is 12.1. The van der Waals surface area contributed by atoms with Gasteiger partial charge in [-0.25, -0.2) is 0 Å². The van der Waals surface area contributed by atoms with E-state index in [0.717, 1.165) is 42.2 Å². The van der Waals surface area contributed by atoms with Crippen molar-refractivity contribution in [2.24, 2.45) is 0 Å². The maximum atomic E-state index is 12.9. The van der Waals surface area contributed by atoms with Crippen LogP contribution < -0.4 is 0 Å². The molecule has 1 atom stereocenters. The molecule has 4 heteroatoms. The van der Waals surface area contributed by atoms with Gasteiger partial charge in [0.05, 0.1) is 0 Å². The Bertz CT molecular complexity index is 663. The minimum absolute atomic E-state index is 0.00386. The van der Waals surface area contributed by atoms with Gasteiger partial charge in [-0.05, 0) is 38.2 Å². The molecule has 0 aliphatic heterocycles. The second-order valence-corrected chi connectivity index (χ2v) is 8.22. The molecule has 0 radical (unpaired) electrons. The van der Waals surface area contributed by atoms with Crippen molar-refractivity contribution in [1.29, 1.82) is 0 Å². The number of benzene rings is 1. The van der Waals surface area contributed by atoms with Gasteiger partial charge >= 0.3 is 5.97 Å². The Morgan fingerprint density at radius 2 is 1.96 bits per heavy atom. The zero-order valence-electron chi connectivity index (χ0n) is 15.7. The van der Waals surface area contributed by atoms with Gasteiger partial charge < -0.3 is 4.74 Å². The van der Waals surface area contributed by atoms with E-state index in [1.807, 2.05) is 43.3 Å². The molecule has 0 heterocycles. The zero-order valence-corrected chi connectivity index (χ0v) is 16.5. The molecule has 1 aromatic rings. The van der Waals surface area contributed by atoms with E-state index < -0.39 is 4.75 Å². The van der Waals surface area contributed by atoms with Gasteiger partial charge in [-0.15, -0.1) is 0 Å². The number of allylic oxidation sites excluding steroid dienone is 3. The van der Waals surface area contributed by atoms with E-state index in [1.165, 1.54) is 12.8 Å². The molecule has 3 nitrogen and oxygen atoms in total. The monoisotopic (exact) mass is 372 g/mol. The molecule has 0 aromatic heterocycles. The average molecular weight is 373 g/mol. The van der Waals surface area contributed by atoms with Crippen LogP contribution in [0.2, 0.25) is 0 Å². The topological polar surface area (TPSA) is 43.4 Å². The summed E-state index contributed by atoms with van der Waals surface area (Å²) in [4.78, 5) is 24.9. The highest BCUT2D eigenvalue weighted by molar-refractivity contribution is 8.15. The lowest BCUT2D eigenvalue weighted by molar-refractivity contribution is -0.146. The summed E-state index contributed by atoms with van der Waals surface area (Å²) in [6, 6.07) is 9.60. The lowest BCUT2D eigenvalue weighted by Crippen LogP contribution is -2.33. The summed E-state index contributed by atoms with van der Waals surface area (Å²) in [5, 5.41) is -0.00386. The number of hydrogen-bond donors (Lipinski definition) is 0. The van der Waals surface area contributed by atoms with Gasteiger partial charge in [0.25, 0.3) is 0 Å². The van der Waals surface area contributed by atoms with E-state index >= 15 is 0 Å². The molecule has 0 unspecified atom stereocenters. The van der Waals surface area contributed by atoms with Crippen molar-refractivity contribution in [2.45, 2.75) is 63.7 Å². The smallest absolute Gasteiger partial charge is 0.326 e. The first-order chi connectivity index (χ1) is 12.5. The molecule has 0 N–H and O–H groups in total. The fourth-order valence-corrected chi connectivity index (χ4v) is 3.84. The summed E-state index contributed by atoms with van der Waals surface area (Å²) in [5.74, 6) is -0.365. The molecule has 1 aliphatic carbocycles. The minimum atomic E-state index is -0.999. The van der Waals surface area contributed by atoms with Gasteiger partial charge in [0.15, 0.2) is 5.12 Å². The molecule has 0 spiro atoms. The van der Waals surface area contributed by atoms with Gasteiger partial charge in [-0.1, -0.05) is 79.2 Å². The van der Waals surface area contributed by atoms with Crippen molar-refractivity contribution in [3.63, 3.8) is 0 Å². The fraction of sp³-hybridized carbons (Fsp3) is 0.455. The summed E-state index contributed by atoms with van der Waals surface area (Å²) in [5.41, 5.74) is 2.05. The number of rotatable bonds is 6. The van der Waals surface area contributed by atoms with Crippen molar-refractivity contribution >= 4 is 22.8 Å². The van der Waals surface area contributed by atoms with Gasteiger partial charge in [-0.2, -0.15) is 0 Å². The number of carbonyl (C=O) groups excluding carboxylic acids is 2.